The Hall–Kier alpha value is -2.36. The second-order valence-electron chi connectivity index (χ2n) is 8.14. The maximum atomic E-state index is 13.0. The number of aromatic nitrogens is 4. The largest absolute Gasteiger partial charge is 0.423 e. The molecule has 2 aliphatic heterocycles. The molecule has 0 aliphatic carbocycles. The molecular formula is C21H29Cl2N7O2. The van der Waals surface area contributed by atoms with Gasteiger partial charge in [0, 0.05) is 32.7 Å². The van der Waals surface area contributed by atoms with Crippen LogP contribution in [-0.4, -0.2) is 70.1 Å². The van der Waals surface area contributed by atoms with Crippen LogP contribution in [0.4, 0.5) is 6.01 Å². The van der Waals surface area contributed by atoms with E-state index in [1.807, 2.05) is 33.8 Å². The van der Waals surface area contributed by atoms with Crippen LogP contribution in [0.15, 0.2) is 34.9 Å². The summed E-state index contributed by atoms with van der Waals surface area (Å²) in [6.45, 7) is 5.68. The van der Waals surface area contributed by atoms with Gasteiger partial charge in [-0.1, -0.05) is 17.3 Å². The van der Waals surface area contributed by atoms with Crippen molar-refractivity contribution < 1.29 is 9.21 Å². The minimum absolute atomic E-state index is 0. The Balaban J connectivity index is 0.00000144. The monoisotopic (exact) mass is 481 g/mol. The molecule has 0 spiro atoms. The van der Waals surface area contributed by atoms with E-state index in [1.54, 1.807) is 6.20 Å². The molecule has 9 nitrogen and oxygen atoms in total. The van der Waals surface area contributed by atoms with Crippen molar-refractivity contribution in [2.45, 2.75) is 25.8 Å². The van der Waals surface area contributed by atoms with E-state index < -0.39 is 0 Å². The van der Waals surface area contributed by atoms with Crippen molar-refractivity contribution >= 4 is 47.8 Å². The third kappa shape index (κ3) is 5.33. The zero-order chi connectivity index (χ0) is 20.3. The molecule has 2 fully saturated rings. The third-order valence-corrected chi connectivity index (χ3v) is 5.94. The first-order valence-corrected chi connectivity index (χ1v) is 10.8. The number of rotatable bonds is 4. The van der Waals surface area contributed by atoms with Gasteiger partial charge in [0.2, 0.25) is 0 Å². The highest BCUT2D eigenvalue weighted by atomic mass is 35.5. The van der Waals surface area contributed by atoms with E-state index in [2.05, 4.69) is 25.5 Å². The Bertz CT molecular complexity index is 985. The number of hydrogen-bond donors (Lipinski definition) is 1. The van der Waals surface area contributed by atoms with E-state index in [4.69, 9.17) is 4.42 Å². The molecule has 0 saturated carbocycles. The van der Waals surface area contributed by atoms with Gasteiger partial charge in [-0.05, 0) is 50.4 Å². The zero-order valence-electron chi connectivity index (χ0n) is 17.9. The molecule has 32 heavy (non-hydrogen) atoms. The van der Waals surface area contributed by atoms with Crippen LogP contribution in [0.3, 0.4) is 0 Å². The lowest BCUT2D eigenvalue weighted by Crippen LogP contribution is -2.35. The molecule has 1 amide bonds. The summed E-state index contributed by atoms with van der Waals surface area (Å²) in [7, 11) is 0. The number of benzene rings is 1. The maximum Gasteiger partial charge on any atom is 0.298 e. The molecule has 2 saturated heterocycles. The molecular weight excluding hydrogens is 453 g/mol. The maximum absolute atomic E-state index is 13.0. The van der Waals surface area contributed by atoms with Crippen molar-refractivity contribution in [2.24, 2.45) is 5.92 Å². The normalized spacial score (nSPS) is 19.2. The van der Waals surface area contributed by atoms with E-state index in [0.717, 1.165) is 43.7 Å². The zero-order valence-corrected chi connectivity index (χ0v) is 19.5. The SMILES string of the molecule is Cl.Cl.O=C(c1cn(CC2CCCNC2)nn1)N1CCCN(c2nc3ccccc3o2)CC1. The Labute approximate surface area is 199 Å². The number of fused-ring (bicyclic) bond motifs is 1. The fourth-order valence-electron chi connectivity index (χ4n) is 4.30. The minimum atomic E-state index is -0.0533. The molecule has 3 aromatic rings. The molecule has 5 rings (SSSR count). The average molecular weight is 482 g/mol. The van der Waals surface area contributed by atoms with Gasteiger partial charge in [0.25, 0.3) is 11.9 Å². The van der Waals surface area contributed by atoms with E-state index in [1.165, 1.54) is 12.8 Å². The molecule has 174 valence electrons. The predicted octanol–water partition coefficient (Wildman–Crippen LogP) is 2.62. The Morgan fingerprint density at radius 2 is 2.00 bits per heavy atom. The van der Waals surface area contributed by atoms with Crippen molar-refractivity contribution in [3.05, 3.63) is 36.2 Å². The van der Waals surface area contributed by atoms with Gasteiger partial charge in [0.05, 0.1) is 6.20 Å². The summed E-state index contributed by atoms with van der Waals surface area (Å²) in [5.41, 5.74) is 2.07. The van der Waals surface area contributed by atoms with Gasteiger partial charge in [0.1, 0.15) is 5.52 Å². The number of oxazole rings is 1. The lowest BCUT2D eigenvalue weighted by atomic mass is 10.00. The smallest absolute Gasteiger partial charge is 0.298 e. The summed E-state index contributed by atoms with van der Waals surface area (Å²) in [6.07, 6.45) is 5.02. The van der Waals surface area contributed by atoms with Gasteiger partial charge in [0.15, 0.2) is 11.3 Å². The Morgan fingerprint density at radius 3 is 2.81 bits per heavy atom. The lowest BCUT2D eigenvalue weighted by molar-refractivity contribution is 0.0761. The predicted molar refractivity (Wildman–Crippen MR) is 127 cm³/mol. The molecule has 11 heteroatoms. The third-order valence-electron chi connectivity index (χ3n) is 5.94. The van der Waals surface area contributed by atoms with Crippen LogP contribution >= 0.6 is 24.8 Å². The number of hydrogen-bond acceptors (Lipinski definition) is 7. The topological polar surface area (TPSA) is 92.3 Å². The van der Waals surface area contributed by atoms with Gasteiger partial charge >= 0.3 is 0 Å². The van der Waals surface area contributed by atoms with Crippen molar-refractivity contribution in [1.82, 2.24) is 30.2 Å². The molecule has 2 aliphatic rings. The molecule has 4 heterocycles. The van der Waals surface area contributed by atoms with Crippen LogP contribution in [0.1, 0.15) is 29.8 Å². The first kappa shape index (κ1) is 24.3. The number of para-hydroxylation sites is 2. The molecule has 0 bridgehead atoms. The van der Waals surface area contributed by atoms with Crippen molar-refractivity contribution in [1.29, 1.82) is 0 Å². The fourth-order valence-corrected chi connectivity index (χ4v) is 4.30. The first-order valence-electron chi connectivity index (χ1n) is 10.8. The summed E-state index contributed by atoms with van der Waals surface area (Å²) in [6, 6.07) is 8.39. The fraction of sp³-hybridized carbons (Fsp3) is 0.524. The van der Waals surface area contributed by atoms with Crippen LogP contribution in [0, 0.1) is 5.92 Å². The minimum Gasteiger partial charge on any atom is -0.423 e. The molecule has 1 unspecified atom stereocenters. The highest BCUT2D eigenvalue weighted by molar-refractivity contribution is 5.92. The number of anilines is 1. The van der Waals surface area contributed by atoms with Gasteiger partial charge in [-0.2, -0.15) is 4.98 Å². The van der Waals surface area contributed by atoms with E-state index >= 15 is 0 Å². The highest BCUT2D eigenvalue weighted by Crippen LogP contribution is 2.23. The van der Waals surface area contributed by atoms with Crippen LogP contribution in [0.25, 0.3) is 11.1 Å². The van der Waals surface area contributed by atoms with Crippen LogP contribution in [-0.2, 0) is 6.54 Å². The number of amides is 1. The van der Waals surface area contributed by atoms with Crippen molar-refractivity contribution in [3.8, 4) is 0 Å². The Morgan fingerprint density at radius 1 is 1.12 bits per heavy atom. The summed E-state index contributed by atoms with van der Waals surface area (Å²) in [5, 5.41) is 11.8. The second kappa shape index (κ2) is 11.0. The van der Waals surface area contributed by atoms with E-state index in [0.29, 0.717) is 37.3 Å². The number of carbonyl (C=O) groups is 1. The summed E-state index contributed by atoms with van der Waals surface area (Å²) < 4.78 is 7.71. The van der Waals surface area contributed by atoms with Gasteiger partial charge in [-0.25, -0.2) is 0 Å². The number of piperidine rings is 1. The summed E-state index contributed by atoms with van der Waals surface area (Å²) in [4.78, 5) is 21.5. The van der Waals surface area contributed by atoms with Crippen LogP contribution in [0.2, 0.25) is 0 Å². The Kier molecular flexibility index (Phi) is 8.33. The lowest BCUT2D eigenvalue weighted by Gasteiger charge is -2.22. The van der Waals surface area contributed by atoms with Crippen LogP contribution < -0.4 is 10.2 Å². The molecule has 1 N–H and O–H groups in total. The number of nitrogens with one attached hydrogen (secondary N) is 1. The molecule has 2 aromatic heterocycles. The summed E-state index contributed by atoms with van der Waals surface area (Å²) >= 11 is 0. The molecule has 1 aromatic carbocycles. The standard InChI is InChI=1S/C21H27N7O2.2ClH/c29-20(18-15-28(25-24-18)14-16-5-3-8-22-13-16)26-9-4-10-27(12-11-26)21-23-17-6-1-2-7-19(17)30-21;;/h1-2,6-7,15-16,22H,3-5,8-14H2;2*1H. The highest BCUT2D eigenvalue weighted by Gasteiger charge is 2.25. The van der Waals surface area contributed by atoms with E-state index in [-0.39, 0.29) is 30.7 Å². The van der Waals surface area contributed by atoms with Crippen molar-refractivity contribution in [3.63, 3.8) is 0 Å². The number of carbonyl (C=O) groups excluding carboxylic acids is 1. The second-order valence-corrected chi connectivity index (χ2v) is 8.14. The molecule has 1 atom stereocenters. The first-order chi connectivity index (χ1) is 14.8. The van der Waals surface area contributed by atoms with Crippen LogP contribution in [0.5, 0.6) is 0 Å². The van der Waals surface area contributed by atoms with Crippen molar-refractivity contribution in [2.75, 3.05) is 44.2 Å². The quantitative estimate of drug-likeness (QED) is 0.611. The van der Waals surface area contributed by atoms with Gasteiger partial charge in [-0.15, -0.1) is 29.9 Å². The number of halogens is 2. The number of nitrogens with zero attached hydrogens (tertiary/aromatic N) is 6. The average Bonchev–Trinajstić information content (AvgIpc) is 3.34. The molecule has 0 radical (unpaired) electrons. The van der Waals surface area contributed by atoms with Gasteiger partial charge in [-0.3, -0.25) is 9.48 Å². The van der Waals surface area contributed by atoms with E-state index in [9.17, 15) is 4.79 Å². The van der Waals surface area contributed by atoms with Gasteiger partial charge < -0.3 is 19.5 Å². The summed E-state index contributed by atoms with van der Waals surface area (Å²) in [5.74, 6) is 0.494.